The maximum Gasteiger partial charge on any atom is 0.245 e. The molecule has 0 aromatic heterocycles. The highest BCUT2D eigenvalue weighted by Crippen LogP contribution is 2.34. The third kappa shape index (κ3) is 3.59. The van der Waals surface area contributed by atoms with E-state index in [9.17, 15) is 14.0 Å². The van der Waals surface area contributed by atoms with Gasteiger partial charge in [-0.05, 0) is 30.5 Å². The topological polar surface area (TPSA) is 58.6 Å². The van der Waals surface area contributed by atoms with Crippen molar-refractivity contribution in [1.82, 2.24) is 10.2 Å². The highest BCUT2D eigenvalue weighted by atomic mass is 19.1. The van der Waals surface area contributed by atoms with E-state index in [-0.39, 0.29) is 36.2 Å². The SMILES string of the molecule is CC(=O)N1CCOC[C@@H]1C(=O)N[C@@H]1CCC[C@H]1c1ccc(F)cc1. The fourth-order valence-corrected chi connectivity index (χ4v) is 3.72. The number of benzene rings is 1. The summed E-state index contributed by atoms with van der Waals surface area (Å²) in [5.41, 5.74) is 1.04. The molecule has 3 atom stereocenters. The summed E-state index contributed by atoms with van der Waals surface area (Å²) in [5.74, 6) is -0.345. The van der Waals surface area contributed by atoms with Crippen molar-refractivity contribution in [2.75, 3.05) is 19.8 Å². The first-order valence-electron chi connectivity index (χ1n) is 8.47. The number of ether oxygens (including phenoxy) is 1. The van der Waals surface area contributed by atoms with Crippen LogP contribution in [0.15, 0.2) is 24.3 Å². The van der Waals surface area contributed by atoms with Crippen LogP contribution in [0.25, 0.3) is 0 Å². The van der Waals surface area contributed by atoms with Gasteiger partial charge in [0.15, 0.2) is 0 Å². The van der Waals surface area contributed by atoms with Crippen LogP contribution < -0.4 is 5.32 Å². The molecular formula is C18H23FN2O3. The minimum Gasteiger partial charge on any atom is -0.377 e. The molecule has 5 nitrogen and oxygen atoms in total. The molecule has 1 saturated heterocycles. The molecule has 0 unspecified atom stereocenters. The molecule has 3 rings (SSSR count). The number of amides is 2. The Morgan fingerprint density at radius 1 is 1.25 bits per heavy atom. The van der Waals surface area contributed by atoms with Crippen LogP contribution >= 0.6 is 0 Å². The first-order chi connectivity index (χ1) is 11.6. The summed E-state index contributed by atoms with van der Waals surface area (Å²) in [6.07, 6.45) is 2.88. The van der Waals surface area contributed by atoms with E-state index in [0.717, 1.165) is 24.8 Å². The van der Waals surface area contributed by atoms with Gasteiger partial charge >= 0.3 is 0 Å². The number of morpholine rings is 1. The standard InChI is InChI=1S/C18H23FN2O3/c1-12(22)21-9-10-24-11-17(21)18(23)20-16-4-2-3-15(16)13-5-7-14(19)8-6-13/h5-8,15-17H,2-4,9-11H2,1H3,(H,20,23)/t15-,16+,17+/m0/s1. The number of nitrogens with one attached hydrogen (secondary N) is 1. The molecule has 1 heterocycles. The van der Waals surface area contributed by atoms with E-state index < -0.39 is 6.04 Å². The van der Waals surface area contributed by atoms with Crippen molar-refractivity contribution in [2.24, 2.45) is 0 Å². The lowest BCUT2D eigenvalue weighted by atomic mass is 9.94. The zero-order valence-corrected chi connectivity index (χ0v) is 13.8. The number of hydrogen-bond donors (Lipinski definition) is 1. The van der Waals surface area contributed by atoms with Gasteiger partial charge in [-0.2, -0.15) is 0 Å². The second kappa shape index (κ2) is 7.30. The molecule has 1 N–H and O–H groups in total. The van der Waals surface area contributed by atoms with E-state index in [4.69, 9.17) is 4.74 Å². The van der Waals surface area contributed by atoms with Crippen LogP contribution in [0, 0.1) is 5.82 Å². The third-order valence-corrected chi connectivity index (χ3v) is 4.98. The highest BCUT2D eigenvalue weighted by Gasteiger charge is 2.35. The van der Waals surface area contributed by atoms with Gasteiger partial charge in [0.05, 0.1) is 13.2 Å². The molecule has 1 aromatic rings. The zero-order chi connectivity index (χ0) is 17.1. The van der Waals surface area contributed by atoms with Crippen molar-refractivity contribution < 1.29 is 18.7 Å². The number of carbonyl (C=O) groups is 2. The maximum absolute atomic E-state index is 13.1. The fraction of sp³-hybridized carbons (Fsp3) is 0.556. The Balaban J connectivity index is 1.68. The minimum absolute atomic E-state index is 0.0127. The fourth-order valence-electron chi connectivity index (χ4n) is 3.72. The summed E-state index contributed by atoms with van der Waals surface area (Å²) in [7, 11) is 0. The number of carbonyl (C=O) groups excluding carboxylic acids is 2. The van der Waals surface area contributed by atoms with E-state index in [1.165, 1.54) is 19.1 Å². The van der Waals surface area contributed by atoms with Gasteiger partial charge in [-0.25, -0.2) is 4.39 Å². The second-order valence-corrected chi connectivity index (χ2v) is 6.51. The minimum atomic E-state index is -0.564. The average molecular weight is 334 g/mol. The van der Waals surface area contributed by atoms with Crippen LogP contribution in [0.3, 0.4) is 0 Å². The number of hydrogen-bond acceptors (Lipinski definition) is 3. The monoisotopic (exact) mass is 334 g/mol. The zero-order valence-electron chi connectivity index (χ0n) is 13.8. The number of nitrogens with zero attached hydrogens (tertiary/aromatic N) is 1. The van der Waals surface area contributed by atoms with Gasteiger partial charge in [0.25, 0.3) is 0 Å². The molecule has 24 heavy (non-hydrogen) atoms. The quantitative estimate of drug-likeness (QED) is 0.917. The molecule has 1 saturated carbocycles. The molecule has 1 aliphatic heterocycles. The van der Waals surface area contributed by atoms with Crippen molar-refractivity contribution in [3.8, 4) is 0 Å². The van der Waals surface area contributed by atoms with Gasteiger partial charge in [-0.15, -0.1) is 0 Å². The summed E-state index contributed by atoms with van der Waals surface area (Å²) in [6.45, 7) is 2.62. The first-order valence-corrected chi connectivity index (χ1v) is 8.47. The van der Waals surface area contributed by atoms with Gasteiger partial charge in [0.2, 0.25) is 11.8 Å². The van der Waals surface area contributed by atoms with E-state index in [1.54, 1.807) is 17.0 Å². The van der Waals surface area contributed by atoms with Crippen LogP contribution in [0.5, 0.6) is 0 Å². The van der Waals surface area contributed by atoms with E-state index >= 15 is 0 Å². The Labute approximate surface area is 141 Å². The van der Waals surface area contributed by atoms with Crippen molar-refractivity contribution in [2.45, 2.75) is 44.2 Å². The van der Waals surface area contributed by atoms with Crippen LogP contribution in [-0.2, 0) is 14.3 Å². The predicted molar refractivity (Wildman–Crippen MR) is 86.9 cm³/mol. The molecule has 2 amide bonds. The van der Waals surface area contributed by atoms with Crippen molar-refractivity contribution in [3.05, 3.63) is 35.6 Å². The maximum atomic E-state index is 13.1. The summed E-state index contributed by atoms with van der Waals surface area (Å²) in [4.78, 5) is 25.9. The summed E-state index contributed by atoms with van der Waals surface area (Å²) >= 11 is 0. The lowest BCUT2D eigenvalue weighted by Crippen LogP contribution is -2.57. The Morgan fingerprint density at radius 3 is 2.71 bits per heavy atom. The lowest BCUT2D eigenvalue weighted by Gasteiger charge is -2.35. The molecule has 130 valence electrons. The predicted octanol–water partition coefficient (Wildman–Crippen LogP) is 1.83. The molecule has 6 heteroatoms. The molecular weight excluding hydrogens is 311 g/mol. The van der Waals surface area contributed by atoms with Crippen molar-refractivity contribution in [1.29, 1.82) is 0 Å². The van der Waals surface area contributed by atoms with Gasteiger partial charge in [-0.1, -0.05) is 18.6 Å². The molecule has 2 aliphatic rings. The number of rotatable bonds is 3. The van der Waals surface area contributed by atoms with Gasteiger partial charge in [-0.3, -0.25) is 9.59 Å². The van der Waals surface area contributed by atoms with Crippen LogP contribution in [0.1, 0.15) is 37.7 Å². The second-order valence-electron chi connectivity index (χ2n) is 6.51. The summed E-state index contributed by atoms with van der Waals surface area (Å²) in [5, 5.41) is 3.09. The van der Waals surface area contributed by atoms with Crippen LogP contribution in [0.4, 0.5) is 4.39 Å². The van der Waals surface area contributed by atoms with Gasteiger partial charge in [0.1, 0.15) is 11.9 Å². The van der Waals surface area contributed by atoms with Crippen LogP contribution in [-0.4, -0.2) is 48.6 Å². The number of halogens is 1. The Hall–Kier alpha value is -1.95. The van der Waals surface area contributed by atoms with E-state index in [2.05, 4.69) is 5.32 Å². The van der Waals surface area contributed by atoms with Crippen molar-refractivity contribution in [3.63, 3.8) is 0 Å². The molecule has 0 radical (unpaired) electrons. The lowest BCUT2D eigenvalue weighted by molar-refractivity contribution is -0.147. The van der Waals surface area contributed by atoms with Crippen LogP contribution in [0.2, 0.25) is 0 Å². The summed E-state index contributed by atoms with van der Waals surface area (Å²) in [6, 6.07) is 5.94. The molecule has 0 spiro atoms. The van der Waals surface area contributed by atoms with E-state index in [1.807, 2.05) is 0 Å². The molecule has 1 aromatic carbocycles. The van der Waals surface area contributed by atoms with E-state index in [0.29, 0.717) is 13.2 Å². The molecule has 2 fully saturated rings. The first kappa shape index (κ1) is 16.9. The average Bonchev–Trinajstić information content (AvgIpc) is 3.03. The molecule has 0 bridgehead atoms. The van der Waals surface area contributed by atoms with Gasteiger partial charge < -0.3 is 15.0 Å². The third-order valence-electron chi connectivity index (χ3n) is 4.98. The van der Waals surface area contributed by atoms with Crippen molar-refractivity contribution >= 4 is 11.8 Å². The summed E-state index contributed by atoms with van der Waals surface area (Å²) < 4.78 is 18.5. The highest BCUT2D eigenvalue weighted by molar-refractivity contribution is 5.87. The Kier molecular flexibility index (Phi) is 5.14. The Morgan fingerprint density at radius 2 is 2.00 bits per heavy atom. The Bertz CT molecular complexity index is 605. The molecule has 1 aliphatic carbocycles. The van der Waals surface area contributed by atoms with Gasteiger partial charge in [0, 0.05) is 25.4 Å². The smallest absolute Gasteiger partial charge is 0.245 e. The normalized spacial score (nSPS) is 27.1. The largest absolute Gasteiger partial charge is 0.377 e.